The van der Waals surface area contributed by atoms with Gasteiger partial charge in [-0.1, -0.05) is 11.6 Å². The predicted octanol–water partition coefficient (Wildman–Crippen LogP) is 2.44. The van der Waals surface area contributed by atoms with Gasteiger partial charge in [0.1, 0.15) is 17.9 Å². The van der Waals surface area contributed by atoms with Crippen molar-refractivity contribution >= 4 is 17.9 Å². The summed E-state index contributed by atoms with van der Waals surface area (Å²) in [5.74, 6) is -1.63. The van der Waals surface area contributed by atoms with Crippen molar-refractivity contribution in [3.63, 3.8) is 0 Å². The largest absolute Gasteiger partial charge is 0.507 e. The fourth-order valence-electron chi connectivity index (χ4n) is 2.79. The van der Waals surface area contributed by atoms with Gasteiger partial charge in [0.25, 0.3) is 0 Å². The van der Waals surface area contributed by atoms with Gasteiger partial charge in [-0.3, -0.25) is 9.59 Å². The van der Waals surface area contributed by atoms with Crippen LogP contribution in [0.25, 0.3) is 0 Å². The summed E-state index contributed by atoms with van der Waals surface area (Å²) < 4.78 is 20.2. The summed E-state index contributed by atoms with van der Waals surface area (Å²) in [5, 5.41) is 10.6. The SMILES string of the molecule is COC(=O)CC/C(C)=C/Cc1c(O)c2c(c(OC(C)=O)c1OC)COC2=O. The van der Waals surface area contributed by atoms with Gasteiger partial charge >= 0.3 is 17.9 Å². The van der Waals surface area contributed by atoms with Gasteiger partial charge in [-0.25, -0.2) is 4.79 Å². The number of aromatic hydroxyl groups is 1. The standard InChI is InChI=1S/C19H22O8/c1-10(6-8-14(21)24-3)5-7-12-16(22)15-13(9-26-19(15)23)18(17(12)25-4)27-11(2)20/h5,22H,6-9H2,1-4H3/b10-5+. The molecule has 0 aromatic heterocycles. The number of allylic oxidation sites excluding steroid dienone is 2. The molecule has 1 aliphatic heterocycles. The third-order valence-corrected chi connectivity index (χ3v) is 4.19. The second-order valence-corrected chi connectivity index (χ2v) is 6.04. The average molecular weight is 378 g/mol. The maximum absolute atomic E-state index is 12.0. The molecule has 1 aromatic carbocycles. The first-order chi connectivity index (χ1) is 12.8. The molecule has 0 atom stereocenters. The van der Waals surface area contributed by atoms with Crippen molar-refractivity contribution in [3.05, 3.63) is 28.3 Å². The predicted molar refractivity (Wildman–Crippen MR) is 93.8 cm³/mol. The molecule has 0 fully saturated rings. The van der Waals surface area contributed by atoms with Gasteiger partial charge < -0.3 is 24.1 Å². The summed E-state index contributed by atoms with van der Waals surface area (Å²) in [6.45, 7) is 2.95. The number of esters is 3. The highest BCUT2D eigenvalue weighted by Gasteiger charge is 2.35. The smallest absolute Gasteiger partial charge is 0.342 e. The van der Waals surface area contributed by atoms with E-state index in [4.69, 9.17) is 14.2 Å². The van der Waals surface area contributed by atoms with Crippen LogP contribution in [-0.2, 0) is 32.1 Å². The Morgan fingerprint density at radius 2 is 1.89 bits per heavy atom. The lowest BCUT2D eigenvalue weighted by Crippen LogP contribution is -2.09. The molecule has 2 rings (SSSR count). The second-order valence-electron chi connectivity index (χ2n) is 6.04. The molecule has 0 saturated carbocycles. The lowest BCUT2D eigenvalue weighted by atomic mass is 9.98. The summed E-state index contributed by atoms with van der Waals surface area (Å²) in [6.07, 6.45) is 2.72. The van der Waals surface area contributed by atoms with Gasteiger partial charge in [0.15, 0.2) is 11.5 Å². The highest BCUT2D eigenvalue weighted by molar-refractivity contribution is 5.99. The number of carbonyl (C=O) groups is 3. The third kappa shape index (κ3) is 4.39. The van der Waals surface area contributed by atoms with Crippen LogP contribution in [0.2, 0.25) is 0 Å². The minimum atomic E-state index is -0.689. The van der Waals surface area contributed by atoms with Crippen molar-refractivity contribution in [2.75, 3.05) is 14.2 Å². The van der Waals surface area contributed by atoms with Crippen LogP contribution in [0, 0.1) is 0 Å². The molecule has 27 heavy (non-hydrogen) atoms. The molecule has 1 N–H and O–H groups in total. The van der Waals surface area contributed by atoms with E-state index in [1.807, 2.05) is 6.92 Å². The molecule has 146 valence electrons. The van der Waals surface area contributed by atoms with E-state index < -0.39 is 11.9 Å². The molecule has 0 spiro atoms. The van der Waals surface area contributed by atoms with E-state index >= 15 is 0 Å². The minimum absolute atomic E-state index is 0.0253. The quantitative estimate of drug-likeness (QED) is 0.438. The monoisotopic (exact) mass is 378 g/mol. The van der Waals surface area contributed by atoms with E-state index in [9.17, 15) is 19.5 Å². The van der Waals surface area contributed by atoms with Crippen molar-refractivity contribution in [2.24, 2.45) is 0 Å². The van der Waals surface area contributed by atoms with Crippen LogP contribution in [0.3, 0.4) is 0 Å². The second kappa shape index (κ2) is 8.57. The Morgan fingerprint density at radius 3 is 2.48 bits per heavy atom. The Balaban J connectivity index is 2.43. The van der Waals surface area contributed by atoms with Crippen molar-refractivity contribution in [1.29, 1.82) is 0 Å². The maximum atomic E-state index is 12.0. The molecule has 1 aromatic rings. The highest BCUT2D eigenvalue weighted by atomic mass is 16.6. The van der Waals surface area contributed by atoms with Crippen LogP contribution >= 0.6 is 0 Å². The Kier molecular flexibility index (Phi) is 6.44. The number of carbonyl (C=O) groups excluding carboxylic acids is 3. The lowest BCUT2D eigenvalue weighted by Gasteiger charge is -2.17. The first kappa shape index (κ1) is 20.3. The van der Waals surface area contributed by atoms with Crippen LogP contribution in [0.15, 0.2) is 11.6 Å². The fraction of sp³-hybridized carbons (Fsp3) is 0.421. The Labute approximate surface area is 156 Å². The number of phenolic OH excluding ortho intramolecular Hbond substituents is 1. The van der Waals surface area contributed by atoms with E-state index in [2.05, 4.69) is 4.74 Å². The van der Waals surface area contributed by atoms with Crippen LogP contribution in [0.4, 0.5) is 0 Å². The van der Waals surface area contributed by atoms with Gasteiger partial charge in [-0.05, 0) is 19.8 Å². The molecule has 0 unspecified atom stereocenters. The molecule has 0 bridgehead atoms. The molecule has 8 heteroatoms. The summed E-state index contributed by atoms with van der Waals surface area (Å²) in [4.78, 5) is 34.7. The number of ether oxygens (including phenoxy) is 4. The number of methoxy groups -OCH3 is 2. The molecule has 0 saturated heterocycles. The first-order valence-corrected chi connectivity index (χ1v) is 8.32. The van der Waals surface area contributed by atoms with E-state index in [-0.39, 0.29) is 53.8 Å². The topological polar surface area (TPSA) is 108 Å². The van der Waals surface area contributed by atoms with E-state index in [1.165, 1.54) is 21.1 Å². The fourth-order valence-corrected chi connectivity index (χ4v) is 2.79. The number of phenols is 1. The minimum Gasteiger partial charge on any atom is -0.507 e. The van der Waals surface area contributed by atoms with Crippen molar-refractivity contribution in [3.8, 4) is 17.2 Å². The highest BCUT2D eigenvalue weighted by Crippen LogP contribution is 2.47. The van der Waals surface area contributed by atoms with E-state index in [0.29, 0.717) is 12.0 Å². The molecule has 8 nitrogen and oxygen atoms in total. The summed E-state index contributed by atoms with van der Waals surface area (Å²) >= 11 is 0. The van der Waals surface area contributed by atoms with E-state index in [0.717, 1.165) is 5.57 Å². The van der Waals surface area contributed by atoms with Gasteiger partial charge in [-0.15, -0.1) is 0 Å². The zero-order chi connectivity index (χ0) is 20.1. The van der Waals surface area contributed by atoms with Gasteiger partial charge in [0.2, 0.25) is 0 Å². The average Bonchev–Trinajstić information content (AvgIpc) is 3.02. The molecule has 0 radical (unpaired) electrons. The molecule has 0 aliphatic carbocycles. The molecular weight excluding hydrogens is 356 g/mol. The van der Waals surface area contributed by atoms with Crippen molar-refractivity contribution in [1.82, 2.24) is 0 Å². The normalized spacial score (nSPS) is 13.0. The first-order valence-electron chi connectivity index (χ1n) is 8.32. The van der Waals surface area contributed by atoms with Crippen LogP contribution in [0.5, 0.6) is 17.2 Å². The van der Waals surface area contributed by atoms with Gasteiger partial charge in [-0.2, -0.15) is 0 Å². The lowest BCUT2D eigenvalue weighted by molar-refractivity contribution is -0.140. The Bertz CT molecular complexity index is 807. The van der Waals surface area contributed by atoms with Crippen LogP contribution in [-0.4, -0.2) is 37.2 Å². The van der Waals surface area contributed by atoms with Crippen LogP contribution < -0.4 is 9.47 Å². The third-order valence-electron chi connectivity index (χ3n) is 4.19. The zero-order valence-corrected chi connectivity index (χ0v) is 15.7. The van der Waals surface area contributed by atoms with E-state index in [1.54, 1.807) is 6.08 Å². The summed E-state index contributed by atoms with van der Waals surface area (Å²) in [6, 6.07) is 0. The summed E-state index contributed by atoms with van der Waals surface area (Å²) in [7, 11) is 2.70. The Morgan fingerprint density at radius 1 is 1.19 bits per heavy atom. The van der Waals surface area contributed by atoms with Crippen LogP contribution in [0.1, 0.15) is 48.2 Å². The van der Waals surface area contributed by atoms with Gasteiger partial charge in [0, 0.05) is 18.9 Å². The molecule has 1 heterocycles. The number of cyclic esters (lactones) is 1. The number of benzene rings is 1. The van der Waals surface area contributed by atoms with Crippen molar-refractivity contribution < 1.29 is 38.4 Å². The molecule has 0 amide bonds. The zero-order valence-electron chi connectivity index (χ0n) is 15.7. The molecule has 1 aliphatic rings. The number of fused-ring (bicyclic) bond motifs is 1. The maximum Gasteiger partial charge on any atom is 0.342 e. The number of hydrogen-bond acceptors (Lipinski definition) is 8. The number of rotatable bonds is 7. The summed E-state index contributed by atoms with van der Waals surface area (Å²) in [5.41, 5.74) is 1.44. The Hall–Kier alpha value is -3.03. The number of hydrogen-bond donors (Lipinski definition) is 1. The molecular formula is C19H22O8. The van der Waals surface area contributed by atoms with Crippen molar-refractivity contribution in [2.45, 2.75) is 39.7 Å². The van der Waals surface area contributed by atoms with Gasteiger partial charge in [0.05, 0.1) is 19.8 Å².